The van der Waals surface area contributed by atoms with Gasteiger partial charge < -0.3 is 14.5 Å². The molecule has 1 heterocycles. The summed E-state index contributed by atoms with van der Waals surface area (Å²) in [6, 6.07) is 9.35. The zero-order chi connectivity index (χ0) is 21.2. The van der Waals surface area contributed by atoms with E-state index in [1.807, 2.05) is 12.1 Å². The fourth-order valence-corrected chi connectivity index (χ4v) is 3.98. The van der Waals surface area contributed by atoms with Gasteiger partial charge in [0.25, 0.3) is 0 Å². The summed E-state index contributed by atoms with van der Waals surface area (Å²) in [7, 11) is 1.63. The number of carbonyl (C=O) groups is 3. The Labute approximate surface area is 176 Å². The van der Waals surface area contributed by atoms with E-state index in [4.69, 9.17) is 10.00 Å². The van der Waals surface area contributed by atoms with Crippen molar-refractivity contribution in [2.75, 3.05) is 39.0 Å². The summed E-state index contributed by atoms with van der Waals surface area (Å²) < 4.78 is 5.04. The molecule has 7 nitrogen and oxygen atoms in total. The van der Waals surface area contributed by atoms with Gasteiger partial charge in [-0.3, -0.25) is 14.4 Å². The van der Waals surface area contributed by atoms with Gasteiger partial charge in [-0.05, 0) is 37.5 Å². The van der Waals surface area contributed by atoms with Crippen LogP contribution in [0.4, 0.5) is 0 Å². The first kappa shape index (κ1) is 22.8. The number of thioether (sulfide) groups is 1. The largest absolute Gasteiger partial charge is 0.466 e. The first-order valence-corrected chi connectivity index (χ1v) is 10.8. The van der Waals surface area contributed by atoms with Gasteiger partial charge in [0.15, 0.2) is 0 Å². The SMILES string of the molecule is CCOC(=O)C1CCN(C(=O)CN(C)C(=O)CSCc2ccc(C#N)cc2)CC1. The van der Waals surface area contributed by atoms with E-state index in [0.29, 0.717) is 43.9 Å². The van der Waals surface area contributed by atoms with Crippen molar-refractivity contribution < 1.29 is 19.1 Å². The fourth-order valence-electron chi connectivity index (χ4n) is 3.06. The van der Waals surface area contributed by atoms with E-state index in [1.165, 1.54) is 16.7 Å². The molecule has 1 aromatic rings. The van der Waals surface area contributed by atoms with E-state index in [9.17, 15) is 14.4 Å². The van der Waals surface area contributed by atoms with Crippen LogP contribution >= 0.6 is 11.8 Å². The maximum Gasteiger partial charge on any atom is 0.309 e. The van der Waals surface area contributed by atoms with E-state index in [-0.39, 0.29) is 36.0 Å². The third-order valence-electron chi connectivity index (χ3n) is 4.84. The van der Waals surface area contributed by atoms with Gasteiger partial charge in [-0.25, -0.2) is 0 Å². The van der Waals surface area contributed by atoms with E-state index in [0.717, 1.165) is 5.56 Å². The number of carbonyl (C=O) groups excluding carboxylic acids is 3. The Bertz CT molecular complexity index is 752. The van der Waals surface area contributed by atoms with Gasteiger partial charge in [0.05, 0.1) is 36.5 Å². The predicted molar refractivity (Wildman–Crippen MR) is 111 cm³/mol. The van der Waals surface area contributed by atoms with E-state index in [1.54, 1.807) is 31.0 Å². The Morgan fingerprint density at radius 1 is 1.24 bits per heavy atom. The third-order valence-corrected chi connectivity index (χ3v) is 5.83. The number of likely N-dealkylation sites (tertiary alicyclic amines) is 1. The summed E-state index contributed by atoms with van der Waals surface area (Å²) in [5, 5.41) is 8.81. The lowest BCUT2D eigenvalue weighted by Crippen LogP contribution is -2.46. The summed E-state index contributed by atoms with van der Waals surface area (Å²) in [6.45, 7) is 3.22. The Morgan fingerprint density at radius 3 is 2.48 bits per heavy atom. The zero-order valence-electron chi connectivity index (χ0n) is 16.9. The highest BCUT2D eigenvalue weighted by Gasteiger charge is 2.28. The molecule has 2 amide bonds. The molecule has 0 atom stereocenters. The molecule has 156 valence electrons. The molecule has 0 unspecified atom stereocenters. The van der Waals surface area contributed by atoms with Crippen molar-refractivity contribution in [3.8, 4) is 6.07 Å². The molecule has 1 fully saturated rings. The predicted octanol–water partition coefficient (Wildman–Crippen LogP) is 2.05. The Balaban J connectivity index is 1.69. The molecular formula is C21H27N3O4S. The highest BCUT2D eigenvalue weighted by atomic mass is 32.2. The van der Waals surface area contributed by atoms with Crippen molar-refractivity contribution in [3.63, 3.8) is 0 Å². The Morgan fingerprint density at radius 2 is 1.90 bits per heavy atom. The molecule has 1 saturated heterocycles. The van der Waals surface area contributed by atoms with Crippen molar-refractivity contribution >= 4 is 29.5 Å². The third kappa shape index (κ3) is 7.09. The fraction of sp³-hybridized carbons (Fsp3) is 0.524. The van der Waals surface area contributed by atoms with Gasteiger partial charge in [-0.1, -0.05) is 12.1 Å². The first-order valence-electron chi connectivity index (χ1n) is 9.69. The number of nitrogens with zero attached hydrogens (tertiary/aromatic N) is 3. The minimum absolute atomic E-state index is 0.0420. The molecule has 0 N–H and O–H groups in total. The molecule has 1 aromatic carbocycles. The van der Waals surface area contributed by atoms with Gasteiger partial charge in [0, 0.05) is 25.9 Å². The second kappa shape index (κ2) is 11.5. The van der Waals surface area contributed by atoms with Crippen LogP contribution in [0, 0.1) is 17.2 Å². The number of amides is 2. The molecule has 2 rings (SSSR count). The molecule has 0 aromatic heterocycles. The molecule has 1 aliphatic heterocycles. The Kier molecular flexibility index (Phi) is 9.00. The summed E-state index contributed by atoms with van der Waals surface area (Å²) in [5.74, 6) is 0.428. The number of hydrogen-bond donors (Lipinski definition) is 0. The monoisotopic (exact) mass is 417 g/mol. The van der Waals surface area contributed by atoms with Gasteiger partial charge in [-0.2, -0.15) is 5.26 Å². The van der Waals surface area contributed by atoms with Crippen LogP contribution in [0.25, 0.3) is 0 Å². The van der Waals surface area contributed by atoms with Gasteiger partial charge in [0.1, 0.15) is 0 Å². The zero-order valence-corrected chi connectivity index (χ0v) is 17.7. The number of piperidine rings is 1. The van der Waals surface area contributed by atoms with Crippen LogP contribution in [0.3, 0.4) is 0 Å². The van der Waals surface area contributed by atoms with Crippen LogP contribution in [-0.4, -0.2) is 66.6 Å². The number of nitriles is 1. The lowest BCUT2D eigenvalue weighted by atomic mass is 9.97. The molecule has 0 saturated carbocycles. The van der Waals surface area contributed by atoms with Crippen LogP contribution in [0.15, 0.2) is 24.3 Å². The van der Waals surface area contributed by atoms with Crippen molar-refractivity contribution in [2.45, 2.75) is 25.5 Å². The first-order chi connectivity index (χ1) is 13.9. The van der Waals surface area contributed by atoms with E-state index in [2.05, 4.69) is 6.07 Å². The van der Waals surface area contributed by atoms with Gasteiger partial charge >= 0.3 is 5.97 Å². The average Bonchev–Trinajstić information content (AvgIpc) is 2.74. The maximum atomic E-state index is 12.5. The Hall–Kier alpha value is -2.53. The minimum Gasteiger partial charge on any atom is -0.466 e. The average molecular weight is 418 g/mol. The summed E-state index contributed by atoms with van der Waals surface area (Å²) in [4.78, 5) is 39.7. The smallest absolute Gasteiger partial charge is 0.309 e. The lowest BCUT2D eigenvalue weighted by Gasteiger charge is -2.32. The van der Waals surface area contributed by atoms with E-state index < -0.39 is 0 Å². The topological polar surface area (TPSA) is 90.7 Å². The maximum absolute atomic E-state index is 12.5. The quantitative estimate of drug-likeness (QED) is 0.601. The second-order valence-corrected chi connectivity index (χ2v) is 7.94. The summed E-state index contributed by atoms with van der Waals surface area (Å²) in [6.07, 6.45) is 1.20. The minimum atomic E-state index is -0.189. The van der Waals surface area contributed by atoms with Gasteiger partial charge in [0.2, 0.25) is 11.8 Å². The van der Waals surface area contributed by atoms with E-state index >= 15 is 0 Å². The molecule has 0 bridgehead atoms. The molecule has 1 aliphatic rings. The number of ether oxygens (including phenoxy) is 1. The summed E-state index contributed by atoms with van der Waals surface area (Å²) >= 11 is 1.48. The number of rotatable bonds is 8. The van der Waals surface area contributed by atoms with Crippen LogP contribution in [0.5, 0.6) is 0 Å². The van der Waals surface area contributed by atoms with Crippen molar-refractivity contribution in [2.24, 2.45) is 5.92 Å². The van der Waals surface area contributed by atoms with Crippen LogP contribution < -0.4 is 0 Å². The van der Waals surface area contributed by atoms with Crippen molar-refractivity contribution in [1.82, 2.24) is 9.80 Å². The normalized spacial score (nSPS) is 14.2. The van der Waals surface area contributed by atoms with Crippen LogP contribution in [0.1, 0.15) is 30.9 Å². The second-order valence-electron chi connectivity index (χ2n) is 6.96. The molecule has 0 spiro atoms. The van der Waals surface area contributed by atoms with Crippen molar-refractivity contribution in [1.29, 1.82) is 5.26 Å². The van der Waals surface area contributed by atoms with Crippen molar-refractivity contribution in [3.05, 3.63) is 35.4 Å². The number of hydrogen-bond acceptors (Lipinski definition) is 6. The number of esters is 1. The molecule has 29 heavy (non-hydrogen) atoms. The molecule has 8 heteroatoms. The highest BCUT2D eigenvalue weighted by molar-refractivity contribution is 7.99. The van der Waals surface area contributed by atoms with Crippen LogP contribution in [-0.2, 0) is 24.9 Å². The summed E-state index contributed by atoms with van der Waals surface area (Å²) in [5.41, 5.74) is 1.66. The number of likely N-dealkylation sites (N-methyl/N-ethyl adjacent to an activating group) is 1. The molecular weight excluding hydrogens is 390 g/mol. The molecule has 0 aliphatic carbocycles. The highest BCUT2D eigenvalue weighted by Crippen LogP contribution is 2.19. The number of benzene rings is 1. The van der Waals surface area contributed by atoms with Crippen LogP contribution in [0.2, 0.25) is 0 Å². The van der Waals surface area contributed by atoms with Gasteiger partial charge in [-0.15, -0.1) is 11.8 Å². The standard InChI is InChI=1S/C21H27N3O4S/c1-3-28-21(27)18-8-10-24(11-9-18)19(25)13-23(2)20(26)15-29-14-17-6-4-16(12-22)5-7-17/h4-7,18H,3,8-11,13-15H2,1-2H3. The lowest BCUT2D eigenvalue weighted by molar-refractivity contribution is -0.151. The molecule has 0 radical (unpaired) electrons.